The molecule has 7 heteroatoms. The number of rotatable bonds is 4. The molecule has 0 radical (unpaired) electrons. The Morgan fingerprint density at radius 3 is 2.55 bits per heavy atom. The van der Waals surface area contributed by atoms with Crippen LogP contribution in [0.1, 0.15) is 20.7 Å². The number of nitrogens with two attached hydrogens (primary N) is 1. The van der Waals surface area contributed by atoms with Crippen molar-refractivity contribution < 1.29 is 19.4 Å². The Bertz CT molecular complexity index is 671. The number of nitrogens with zero attached hydrogens (tertiary/aromatic N) is 1. The van der Waals surface area contributed by atoms with Crippen molar-refractivity contribution >= 4 is 34.5 Å². The van der Waals surface area contributed by atoms with Gasteiger partial charge in [0.05, 0.1) is 5.56 Å². The molecule has 0 bridgehead atoms. The number of carbonyl (C=O) groups is 2. The molecule has 6 nitrogen and oxygen atoms in total. The van der Waals surface area contributed by atoms with E-state index in [1.165, 1.54) is 24.4 Å². The highest BCUT2D eigenvalue weighted by atomic mass is 127. The van der Waals surface area contributed by atoms with E-state index in [2.05, 4.69) is 4.98 Å². The van der Waals surface area contributed by atoms with Crippen molar-refractivity contribution in [1.29, 1.82) is 0 Å². The van der Waals surface area contributed by atoms with E-state index in [0.29, 0.717) is 0 Å². The molecule has 102 valence electrons. The second kappa shape index (κ2) is 5.87. The minimum Gasteiger partial charge on any atom is -0.478 e. The number of aromatic carboxylic acids is 1. The summed E-state index contributed by atoms with van der Waals surface area (Å²) >= 11 is 2.01. The number of primary amides is 1. The van der Waals surface area contributed by atoms with Crippen molar-refractivity contribution in [1.82, 2.24) is 4.98 Å². The lowest BCUT2D eigenvalue weighted by Gasteiger charge is -2.08. The zero-order valence-corrected chi connectivity index (χ0v) is 12.2. The molecule has 0 aliphatic heterocycles. The zero-order valence-electron chi connectivity index (χ0n) is 10.0. The number of benzene rings is 1. The number of pyridine rings is 1. The summed E-state index contributed by atoms with van der Waals surface area (Å²) in [6.45, 7) is 0. The van der Waals surface area contributed by atoms with Crippen molar-refractivity contribution in [2.45, 2.75) is 0 Å². The highest BCUT2D eigenvalue weighted by molar-refractivity contribution is 14.1. The van der Waals surface area contributed by atoms with E-state index in [9.17, 15) is 9.59 Å². The van der Waals surface area contributed by atoms with Crippen LogP contribution in [0.25, 0.3) is 0 Å². The monoisotopic (exact) mass is 384 g/mol. The fraction of sp³-hybridized carbons (Fsp3) is 0. The van der Waals surface area contributed by atoms with Gasteiger partial charge < -0.3 is 15.6 Å². The van der Waals surface area contributed by atoms with Crippen LogP contribution in [0.2, 0.25) is 0 Å². The van der Waals surface area contributed by atoms with Gasteiger partial charge >= 0.3 is 5.97 Å². The predicted octanol–water partition coefficient (Wildman–Crippen LogP) is 2.28. The van der Waals surface area contributed by atoms with Crippen LogP contribution in [0.5, 0.6) is 11.6 Å². The van der Waals surface area contributed by atoms with E-state index in [0.717, 1.165) is 3.57 Å². The van der Waals surface area contributed by atoms with Crippen LogP contribution in [0.15, 0.2) is 36.5 Å². The summed E-state index contributed by atoms with van der Waals surface area (Å²) in [6.07, 6.45) is 1.27. The molecule has 0 aliphatic carbocycles. The van der Waals surface area contributed by atoms with Gasteiger partial charge in [0.1, 0.15) is 11.3 Å². The molecule has 3 N–H and O–H groups in total. The zero-order chi connectivity index (χ0) is 14.7. The van der Waals surface area contributed by atoms with Gasteiger partial charge in [-0.1, -0.05) is 0 Å². The summed E-state index contributed by atoms with van der Waals surface area (Å²) in [4.78, 5) is 26.0. The second-order valence-electron chi connectivity index (χ2n) is 3.80. The fourth-order valence-corrected chi connectivity index (χ4v) is 1.95. The molecular weight excluding hydrogens is 375 g/mol. The molecule has 1 heterocycles. The minimum atomic E-state index is -1.09. The van der Waals surface area contributed by atoms with Crippen LogP contribution >= 0.6 is 22.6 Å². The largest absolute Gasteiger partial charge is 0.478 e. The number of carboxylic acids is 1. The van der Waals surface area contributed by atoms with Crippen molar-refractivity contribution in [2.75, 3.05) is 0 Å². The molecule has 0 saturated carbocycles. The van der Waals surface area contributed by atoms with Crippen LogP contribution in [-0.2, 0) is 0 Å². The van der Waals surface area contributed by atoms with E-state index in [1.807, 2.05) is 22.6 Å². The third kappa shape index (κ3) is 3.23. The maximum absolute atomic E-state index is 11.1. The van der Waals surface area contributed by atoms with Gasteiger partial charge in [-0.25, -0.2) is 9.78 Å². The topological polar surface area (TPSA) is 103 Å². The predicted molar refractivity (Wildman–Crippen MR) is 78.9 cm³/mol. The van der Waals surface area contributed by atoms with E-state index < -0.39 is 11.9 Å². The van der Waals surface area contributed by atoms with Gasteiger partial charge in [0.25, 0.3) is 0 Å². The van der Waals surface area contributed by atoms with Gasteiger partial charge in [-0.05, 0) is 46.9 Å². The van der Waals surface area contributed by atoms with Crippen LogP contribution in [0, 0.1) is 3.57 Å². The Morgan fingerprint density at radius 1 is 1.25 bits per heavy atom. The average Bonchev–Trinajstić information content (AvgIpc) is 2.41. The number of carbonyl (C=O) groups excluding carboxylic acids is 1. The molecular formula is C13H9IN2O4. The lowest BCUT2D eigenvalue weighted by Crippen LogP contribution is -2.11. The van der Waals surface area contributed by atoms with E-state index in [-0.39, 0.29) is 22.8 Å². The van der Waals surface area contributed by atoms with E-state index in [1.54, 1.807) is 12.1 Å². The molecule has 0 fully saturated rings. The molecule has 0 unspecified atom stereocenters. The standard InChI is InChI=1S/C13H9IN2O4/c14-8-2-3-10(9(5-8)13(18)19)20-11-4-1-7(6-16-11)12(15)17/h1-6H,(H2,15,17)(H,18,19). The van der Waals surface area contributed by atoms with Crippen molar-refractivity contribution in [3.8, 4) is 11.6 Å². The van der Waals surface area contributed by atoms with E-state index in [4.69, 9.17) is 15.6 Å². The molecule has 1 aromatic carbocycles. The Morgan fingerprint density at radius 2 is 2.00 bits per heavy atom. The van der Waals surface area contributed by atoms with Gasteiger partial charge in [0.15, 0.2) is 0 Å². The summed E-state index contributed by atoms with van der Waals surface area (Å²) in [7, 11) is 0. The van der Waals surface area contributed by atoms with Gasteiger partial charge in [0, 0.05) is 15.8 Å². The van der Waals surface area contributed by atoms with Gasteiger partial charge in [0.2, 0.25) is 11.8 Å². The first-order valence-corrected chi connectivity index (χ1v) is 6.52. The molecule has 0 aliphatic rings. The molecule has 0 spiro atoms. The number of hydrogen-bond acceptors (Lipinski definition) is 4. The minimum absolute atomic E-state index is 0.0395. The highest BCUT2D eigenvalue weighted by Gasteiger charge is 2.13. The Labute approximate surface area is 127 Å². The van der Waals surface area contributed by atoms with Gasteiger partial charge in [-0.15, -0.1) is 0 Å². The lowest BCUT2D eigenvalue weighted by atomic mass is 10.2. The molecule has 20 heavy (non-hydrogen) atoms. The molecule has 2 aromatic rings. The van der Waals surface area contributed by atoms with E-state index >= 15 is 0 Å². The number of amides is 1. The number of carboxylic acid groups (broad SMARTS) is 1. The first-order valence-electron chi connectivity index (χ1n) is 5.44. The quantitative estimate of drug-likeness (QED) is 0.788. The second-order valence-corrected chi connectivity index (χ2v) is 5.04. The van der Waals surface area contributed by atoms with Gasteiger partial charge in [-0.2, -0.15) is 0 Å². The van der Waals surface area contributed by atoms with Crippen molar-refractivity contribution in [3.63, 3.8) is 0 Å². The lowest BCUT2D eigenvalue weighted by molar-refractivity contribution is 0.0693. The van der Waals surface area contributed by atoms with Crippen molar-refractivity contribution in [2.24, 2.45) is 5.73 Å². The molecule has 0 saturated heterocycles. The van der Waals surface area contributed by atoms with Crippen LogP contribution in [0.3, 0.4) is 0 Å². The first kappa shape index (κ1) is 14.3. The van der Waals surface area contributed by atoms with Crippen LogP contribution in [0.4, 0.5) is 0 Å². The fourth-order valence-electron chi connectivity index (χ4n) is 1.46. The average molecular weight is 384 g/mol. The molecule has 1 aromatic heterocycles. The highest BCUT2D eigenvalue weighted by Crippen LogP contribution is 2.25. The number of hydrogen-bond donors (Lipinski definition) is 2. The van der Waals surface area contributed by atoms with Crippen LogP contribution < -0.4 is 10.5 Å². The molecule has 0 atom stereocenters. The first-order chi connectivity index (χ1) is 9.47. The summed E-state index contributed by atoms with van der Waals surface area (Å²) in [5.74, 6) is -1.33. The number of halogens is 1. The SMILES string of the molecule is NC(=O)c1ccc(Oc2ccc(I)cc2C(=O)O)nc1. The summed E-state index contributed by atoms with van der Waals surface area (Å²) in [6, 6.07) is 7.67. The Balaban J connectivity index is 2.30. The normalized spacial score (nSPS) is 10.1. The maximum Gasteiger partial charge on any atom is 0.339 e. The number of aromatic nitrogens is 1. The maximum atomic E-state index is 11.1. The number of ether oxygens (including phenoxy) is 1. The van der Waals surface area contributed by atoms with Crippen molar-refractivity contribution in [3.05, 3.63) is 51.2 Å². The summed E-state index contributed by atoms with van der Waals surface area (Å²) in [5.41, 5.74) is 5.39. The van der Waals surface area contributed by atoms with Crippen LogP contribution in [-0.4, -0.2) is 22.0 Å². The third-order valence-corrected chi connectivity index (χ3v) is 3.08. The summed E-state index contributed by atoms with van der Waals surface area (Å²) in [5, 5.41) is 9.12. The summed E-state index contributed by atoms with van der Waals surface area (Å²) < 4.78 is 6.19. The van der Waals surface area contributed by atoms with Gasteiger partial charge in [-0.3, -0.25) is 4.79 Å². The Hall–Kier alpha value is -2.16. The molecule has 1 amide bonds. The third-order valence-electron chi connectivity index (χ3n) is 2.41. The molecule has 2 rings (SSSR count). The Kier molecular flexibility index (Phi) is 4.18. The smallest absolute Gasteiger partial charge is 0.339 e.